The molecule has 0 aliphatic heterocycles. The maximum atomic E-state index is 13.3. The molecule has 3 nitrogen and oxygen atoms in total. The van der Waals surface area contributed by atoms with E-state index < -0.39 is 0 Å². The van der Waals surface area contributed by atoms with Crippen LogP contribution in [0.1, 0.15) is 11.3 Å². The van der Waals surface area contributed by atoms with Crippen molar-refractivity contribution < 1.29 is 4.39 Å². The second kappa shape index (κ2) is 5.04. The van der Waals surface area contributed by atoms with Gasteiger partial charge in [-0.2, -0.15) is 0 Å². The van der Waals surface area contributed by atoms with Crippen LogP contribution in [0, 0.1) is 19.7 Å². The molecule has 0 saturated heterocycles. The van der Waals surface area contributed by atoms with Crippen LogP contribution < -0.4 is 5.32 Å². The van der Waals surface area contributed by atoms with Crippen LogP contribution in [0.3, 0.4) is 0 Å². The first-order chi connectivity index (χ1) is 8.61. The number of nitrogens with one attached hydrogen (secondary N) is 1. The summed E-state index contributed by atoms with van der Waals surface area (Å²) in [6, 6.07) is 5.01. The van der Waals surface area contributed by atoms with Gasteiger partial charge in [-0.05, 0) is 37.6 Å². The molecule has 1 heterocycles. The molecule has 0 radical (unpaired) electrons. The van der Waals surface area contributed by atoms with Gasteiger partial charge in [0, 0.05) is 18.4 Å². The zero-order valence-electron chi connectivity index (χ0n) is 10.6. The third kappa shape index (κ3) is 2.42. The molecule has 94 valence electrons. The van der Waals surface area contributed by atoms with Crippen molar-refractivity contribution in [3.05, 3.63) is 54.1 Å². The highest BCUT2D eigenvalue weighted by Gasteiger charge is 2.08. The largest absolute Gasteiger partial charge is 0.352 e. The Balaban J connectivity index is 2.42. The fourth-order valence-electron chi connectivity index (χ4n) is 1.76. The van der Waals surface area contributed by atoms with Crippen molar-refractivity contribution in [2.24, 2.45) is 0 Å². The molecule has 0 atom stereocenters. The first kappa shape index (κ1) is 12.4. The van der Waals surface area contributed by atoms with Crippen LogP contribution in [0.25, 0.3) is 5.69 Å². The van der Waals surface area contributed by atoms with Gasteiger partial charge in [0.2, 0.25) is 5.95 Å². The van der Waals surface area contributed by atoms with E-state index in [4.69, 9.17) is 0 Å². The lowest BCUT2D eigenvalue weighted by molar-refractivity contribution is 0.618. The highest BCUT2D eigenvalue weighted by Crippen LogP contribution is 2.19. The molecule has 4 heteroatoms. The maximum Gasteiger partial charge on any atom is 0.207 e. The number of aryl methyl sites for hydroxylation is 2. The number of benzene rings is 1. The fourth-order valence-corrected chi connectivity index (χ4v) is 1.76. The lowest BCUT2D eigenvalue weighted by Gasteiger charge is -2.09. The van der Waals surface area contributed by atoms with Crippen molar-refractivity contribution in [2.75, 3.05) is 11.9 Å². The van der Waals surface area contributed by atoms with E-state index in [-0.39, 0.29) is 5.82 Å². The summed E-state index contributed by atoms with van der Waals surface area (Å²) < 4.78 is 15.2. The predicted molar refractivity (Wildman–Crippen MR) is 71.7 cm³/mol. The highest BCUT2D eigenvalue weighted by molar-refractivity contribution is 5.45. The summed E-state index contributed by atoms with van der Waals surface area (Å²) in [5.41, 5.74) is 2.41. The average molecular weight is 245 g/mol. The minimum atomic E-state index is -0.198. The Kier molecular flexibility index (Phi) is 3.46. The lowest BCUT2D eigenvalue weighted by Crippen LogP contribution is -2.05. The molecule has 1 N–H and O–H groups in total. The summed E-state index contributed by atoms with van der Waals surface area (Å²) in [6.07, 6.45) is 3.68. The highest BCUT2D eigenvalue weighted by atomic mass is 19.1. The topological polar surface area (TPSA) is 29.9 Å². The van der Waals surface area contributed by atoms with Gasteiger partial charge in [-0.3, -0.25) is 4.57 Å². The second-order valence-electron chi connectivity index (χ2n) is 4.18. The quantitative estimate of drug-likeness (QED) is 0.838. The zero-order valence-corrected chi connectivity index (χ0v) is 10.6. The summed E-state index contributed by atoms with van der Waals surface area (Å²) >= 11 is 0. The Morgan fingerprint density at radius 3 is 2.89 bits per heavy atom. The Labute approximate surface area is 106 Å². The zero-order chi connectivity index (χ0) is 13.1. The van der Waals surface area contributed by atoms with Crippen LogP contribution in [0.5, 0.6) is 0 Å². The Hall–Kier alpha value is -2.10. The minimum Gasteiger partial charge on any atom is -0.352 e. The number of hydrogen-bond acceptors (Lipinski definition) is 2. The van der Waals surface area contributed by atoms with Gasteiger partial charge >= 0.3 is 0 Å². The second-order valence-corrected chi connectivity index (χ2v) is 4.18. The van der Waals surface area contributed by atoms with Gasteiger partial charge in [-0.15, -0.1) is 6.58 Å². The van der Waals surface area contributed by atoms with E-state index in [2.05, 4.69) is 16.9 Å². The van der Waals surface area contributed by atoms with E-state index in [1.807, 2.05) is 17.7 Å². The van der Waals surface area contributed by atoms with Crippen molar-refractivity contribution in [1.29, 1.82) is 0 Å². The first-order valence-corrected chi connectivity index (χ1v) is 5.79. The first-order valence-electron chi connectivity index (χ1n) is 5.79. The number of imidazole rings is 1. The van der Waals surface area contributed by atoms with E-state index in [1.165, 1.54) is 6.07 Å². The Bertz CT molecular complexity index is 572. The molecular formula is C14H16FN3. The fraction of sp³-hybridized carbons (Fsp3) is 0.214. The molecule has 2 aromatic rings. The molecule has 0 spiro atoms. The monoisotopic (exact) mass is 245 g/mol. The van der Waals surface area contributed by atoms with Crippen LogP contribution in [0.4, 0.5) is 10.3 Å². The molecule has 0 unspecified atom stereocenters. The summed E-state index contributed by atoms with van der Waals surface area (Å²) in [6.45, 7) is 7.97. The van der Waals surface area contributed by atoms with Gasteiger partial charge in [0.1, 0.15) is 5.82 Å². The average Bonchev–Trinajstić information content (AvgIpc) is 2.71. The number of aromatic nitrogens is 2. The van der Waals surface area contributed by atoms with Crippen LogP contribution in [-0.2, 0) is 0 Å². The molecule has 0 amide bonds. The number of anilines is 1. The third-order valence-corrected chi connectivity index (χ3v) is 2.65. The molecule has 1 aromatic carbocycles. The van der Waals surface area contributed by atoms with Crippen LogP contribution in [0.15, 0.2) is 37.1 Å². The summed E-state index contributed by atoms with van der Waals surface area (Å²) in [5.74, 6) is 0.537. The molecule has 0 saturated carbocycles. The number of rotatable bonds is 4. The van der Waals surface area contributed by atoms with Crippen molar-refractivity contribution in [1.82, 2.24) is 9.55 Å². The standard InChI is InChI=1S/C14H16FN3/c1-4-7-16-14-17-11(3)9-18(14)12-5-6-13(15)10(2)8-12/h4-6,8-9H,1,7H2,2-3H3,(H,16,17). The SMILES string of the molecule is C=CCNc1nc(C)cn1-c1ccc(F)c(C)c1. The van der Waals surface area contributed by atoms with Gasteiger partial charge < -0.3 is 5.32 Å². The maximum absolute atomic E-state index is 13.3. The van der Waals surface area contributed by atoms with E-state index in [1.54, 1.807) is 25.1 Å². The normalized spacial score (nSPS) is 10.4. The minimum absolute atomic E-state index is 0.198. The molecule has 1 aromatic heterocycles. The van der Waals surface area contributed by atoms with Gasteiger partial charge in [0.15, 0.2) is 0 Å². The summed E-state index contributed by atoms with van der Waals surface area (Å²) in [7, 11) is 0. The Morgan fingerprint density at radius 2 is 2.22 bits per heavy atom. The van der Waals surface area contributed by atoms with Crippen LogP contribution >= 0.6 is 0 Å². The van der Waals surface area contributed by atoms with Crippen molar-refractivity contribution >= 4 is 5.95 Å². The van der Waals surface area contributed by atoms with Crippen molar-refractivity contribution in [2.45, 2.75) is 13.8 Å². The van der Waals surface area contributed by atoms with Crippen molar-refractivity contribution in [3.63, 3.8) is 0 Å². The van der Waals surface area contributed by atoms with Crippen LogP contribution in [-0.4, -0.2) is 16.1 Å². The molecule has 2 rings (SSSR count). The smallest absolute Gasteiger partial charge is 0.207 e. The number of halogens is 1. The third-order valence-electron chi connectivity index (χ3n) is 2.65. The summed E-state index contributed by atoms with van der Waals surface area (Å²) in [5, 5.41) is 3.16. The Morgan fingerprint density at radius 1 is 1.44 bits per heavy atom. The van der Waals surface area contributed by atoms with Crippen LogP contribution in [0.2, 0.25) is 0 Å². The predicted octanol–water partition coefficient (Wildman–Crippen LogP) is 3.23. The number of nitrogens with zero attached hydrogens (tertiary/aromatic N) is 2. The molecule has 0 aliphatic carbocycles. The van der Waals surface area contributed by atoms with Gasteiger partial charge in [0.05, 0.1) is 5.69 Å². The lowest BCUT2D eigenvalue weighted by atomic mass is 10.2. The summed E-state index contributed by atoms with van der Waals surface area (Å²) in [4.78, 5) is 4.39. The van der Waals surface area contributed by atoms with Gasteiger partial charge in [-0.1, -0.05) is 6.08 Å². The molecule has 0 aliphatic rings. The molecule has 18 heavy (non-hydrogen) atoms. The molecule has 0 fully saturated rings. The van der Waals surface area contributed by atoms with E-state index in [9.17, 15) is 4.39 Å². The van der Waals surface area contributed by atoms with E-state index >= 15 is 0 Å². The van der Waals surface area contributed by atoms with E-state index in [0.717, 1.165) is 17.3 Å². The van der Waals surface area contributed by atoms with Gasteiger partial charge in [-0.25, -0.2) is 9.37 Å². The van der Waals surface area contributed by atoms with E-state index in [0.29, 0.717) is 12.1 Å². The number of hydrogen-bond donors (Lipinski definition) is 1. The molecule has 0 bridgehead atoms. The van der Waals surface area contributed by atoms with Gasteiger partial charge in [0.25, 0.3) is 0 Å². The van der Waals surface area contributed by atoms with Crippen molar-refractivity contribution in [3.8, 4) is 5.69 Å². The molecular weight excluding hydrogens is 229 g/mol.